The second-order valence-corrected chi connectivity index (χ2v) is 5.90. The van der Waals surface area contributed by atoms with Gasteiger partial charge in [-0.2, -0.15) is 0 Å². The van der Waals surface area contributed by atoms with Gasteiger partial charge in [-0.25, -0.2) is 0 Å². The number of carboxylic acid groups (broad SMARTS) is 2. The van der Waals surface area contributed by atoms with Crippen LogP contribution in [0.3, 0.4) is 0 Å². The number of hydrogen-bond acceptors (Lipinski definition) is 3. The second kappa shape index (κ2) is 28.4. The third-order valence-electron chi connectivity index (χ3n) is 3.94. The summed E-state index contributed by atoms with van der Waals surface area (Å²) in [5, 5.41) is 16.7. The van der Waals surface area contributed by atoms with E-state index in [9.17, 15) is 0 Å². The van der Waals surface area contributed by atoms with Crippen LogP contribution in [0.2, 0.25) is 0 Å². The summed E-state index contributed by atoms with van der Waals surface area (Å²) in [5.74, 6) is 0. The quantitative estimate of drug-likeness (QED) is 0.150. The topological polar surface area (TPSA) is 63.2 Å². The fourth-order valence-electron chi connectivity index (χ4n) is 2.64. The molecule has 0 aromatic heterocycles. The number of hydrogen-bond donors (Lipinski definition) is 0. The van der Waals surface area contributed by atoms with Crippen molar-refractivity contribution >= 4 is 6.16 Å². The van der Waals surface area contributed by atoms with Gasteiger partial charge in [0.1, 0.15) is 0 Å². The van der Waals surface area contributed by atoms with Crippen molar-refractivity contribution < 1.29 is 146 Å². The molecule has 0 N–H and O–H groups in total. The Morgan fingerprint density at radius 1 is 0.667 bits per heavy atom. The van der Waals surface area contributed by atoms with Crippen LogP contribution in [0.25, 0.3) is 0 Å². The van der Waals surface area contributed by atoms with Gasteiger partial charge in [0, 0.05) is 0 Å². The Balaban J connectivity index is -0.000000154. The molecule has 24 heavy (non-hydrogen) atoms. The molecule has 0 radical (unpaired) electrons. The Morgan fingerprint density at radius 2 is 0.833 bits per heavy atom. The molecule has 4 nitrogen and oxygen atoms in total. The average Bonchev–Trinajstić information content (AvgIpc) is 2.45. The maximum atomic E-state index is 8.33. The maximum Gasteiger partial charge on any atom is 1.00 e. The SMILES string of the molecule is CCCC[N+](CCCC)(CCCC)CCCC.O=C([O-])[O-].[I-].[K+].[K+]. The minimum absolute atomic E-state index is 0. The van der Waals surface area contributed by atoms with Crippen LogP contribution in [-0.2, 0) is 0 Å². The first kappa shape index (κ1) is 37.9. The van der Waals surface area contributed by atoms with Gasteiger partial charge in [0.05, 0.1) is 26.2 Å². The smallest absolute Gasteiger partial charge is 1.00 e. The van der Waals surface area contributed by atoms with Crippen molar-refractivity contribution in [3.8, 4) is 0 Å². The molecular weight excluding hydrogens is 471 g/mol. The van der Waals surface area contributed by atoms with E-state index in [0.29, 0.717) is 0 Å². The molecule has 0 saturated carbocycles. The van der Waals surface area contributed by atoms with Gasteiger partial charge in [-0.3, -0.25) is 0 Å². The van der Waals surface area contributed by atoms with Gasteiger partial charge in [0.25, 0.3) is 0 Å². The second-order valence-electron chi connectivity index (χ2n) is 5.90. The first-order valence-corrected chi connectivity index (χ1v) is 8.71. The number of rotatable bonds is 12. The molecule has 0 amide bonds. The minimum Gasteiger partial charge on any atom is -1.00 e. The van der Waals surface area contributed by atoms with Crippen LogP contribution in [0.5, 0.6) is 0 Å². The Hall–Kier alpha value is 3.23. The molecule has 0 heterocycles. The summed E-state index contributed by atoms with van der Waals surface area (Å²) in [6.45, 7) is 15.0. The molecule has 7 heteroatoms. The summed E-state index contributed by atoms with van der Waals surface area (Å²) in [6, 6.07) is 0. The molecule has 0 aromatic rings. The van der Waals surface area contributed by atoms with Crippen LogP contribution in [0.15, 0.2) is 0 Å². The van der Waals surface area contributed by atoms with Crippen LogP contribution in [-0.4, -0.2) is 36.8 Å². The van der Waals surface area contributed by atoms with Gasteiger partial charge >= 0.3 is 103 Å². The first-order chi connectivity index (χ1) is 9.97. The van der Waals surface area contributed by atoms with Gasteiger partial charge < -0.3 is 43.5 Å². The van der Waals surface area contributed by atoms with Crippen molar-refractivity contribution in [3.63, 3.8) is 0 Å². The fraction of sp³-hybridized carbons (Fsp3) is 0.941. The van der Waals surface area contributed by atoms with E-state index >= 15 is 0 Å². The van der Waals surface area contributed by atoms with Crippen molar-refractivity contribution in [2.45, 2.75) is 79.1 Å². The van der Waals surface area contributed by atoms with Gasteiger partial charge in [-0.05, 0) is 31.8 Å². The Bertz CT molecular complexity index is 206. The zero-order chi connectivity index (χ0) is 16.6. The molecule has 0 spiro atoms. The van der Waals surface area contributed by atoms with E-state index < -0.39 is 6.16 Å². The van der Waals surface area contributed by atoms with Crippen LogP contribution in [0, 0.1) is 0 Å². The number of unbranched alkanes of at least 4 members (excludes halogenated alkanes) is 4. The van der Waals surface area contributed by atoms with Crippen LogP contribution in [0.4, 0.5) is 4.79 Å². The van der Waals surface area contributed by atoms with E-state index in [-0.39, 0.29) is 127 Å². The van der Waals surface area contributed by atoms with E-state index in [4.69, 9.17) is 15.0 Å². The molecule has 0 saturated heterocycles. The normalized spacial score (nSPS) is 9.50. The maximum absolute atomic E-state index is 8.33. The molecular formula is C17H36IK2NO3. The first-order valence-electron chi connectivity index (χ1n) is 8.71. The van der Waals surface area contributed by atoms with Gasteiger partial charge in [-0.15, -0.1) is 0 Å². The largest absolute Gasteiger partial charge is 1.00 e. The summed E-state index contributed by atoms with van der Waals surface area (Å²) < 4.78 is 1.42. The van der Waals surface area contributed by atoms with Gasteiger partial charge in [-0.1, -0.05) is 53.4 Å². The molecule has 0 atom stereocenters. The predicted molar refractivity (Wildman–Crippen MR) is 84.8 cm³/mol. The minimum atomic E-state index is -2.33. The van der Waals surface area contributed by atoms with E-state index in [2.05, 4.69) is 27.7 Å². The molecule has 0 aromatic carbocycles. The van der Waals surface area contributed by atoms with Crippen LogP contribution < -0.4 is 137 Å². The molecule has 136 valence electrons. The average molecular weight is 508 g/mol. The summed E-state index contributed by atoms with van der Waals surface area (Å²) in [6.07, 6.45) is 8.73. The van der Waals surface area contributed by atoms with Crippen molar-refractivity contribution in [2.75, 3.05) is 26.2 Å². The Kier molecular flexibility index (Phi) is 44.9. The van der Waals surface area contributed by atoms with E-state index in [1.165, 1.54) is 82.0 Å². The molecule has 0 aliphatic carbocycles. The van der Waals surface area contributed by atoms with Crippen molar-refractivity contribution in [1.29, 1.82) is 0 Å². The monoisotopic (exact) mass is 507 g/mol. The summed E-state index contributed by atoms with van der Waals surface area (Å²) in [4.78, 5) is 8.33. The third-order valence-corrected chi connectivity index (χ3v) is 3.94. The summed E-state index contributed by atoms with van der Waals surface area (Å²) in [5.41, 5.74) is 0. The van der Waals surface area contributed by atoms with Crippen molar-refractivity contribution in [2.24, 2.45) is 0 Å². The zero-order valence-electron chi connectivity index (χ0n) is 17.0. The van der Waals surface area contributed by atoms with E-state index in [1.54, 1.807) is 0 Å². The summed E-state index contributed by atoms with van der Waals surface area (Å²) >= 11 is 0. The van der Waals surface area contributed by atoms with Gasteiger partial charge in [0.15, 0.2) is 0 Å². The Morgan fingerprint density at radius 3 is 0.958 bits per heavy atom. The third kappa shape index (κ3) is 27.5. The van der Waals surface area contributed by atoms with Crippen LogP contribution in [0.1, 0.15) is 79.1 Å². The number of halogens is 1. The van der Waals surface area contributed by atoms with Crippen LogP contribution >= 0.6 is 0 Å². The molecule has 0 unspecified atom stereocenters. The number of quaternary nitrogens is 1. The fourth-order valence-corrected chi connectivity index (χ4v) is 2.64. The molecule has 0 bridgehead atoms. The molecule has 0 fully saturated rings. The standard InChI is InChI=1S/C16H36N.CH2O3.HI.2K/c1-5-9-13-17(14-10-6-2,15-11-7-3)16-12-8-4;2-1(3)4;;;/h5-16H2,1-4H3;(H2,2,3,4);1H;;/q+1;;;2*+1/p-3. The summed E-state index contributed by atoms with van der Waals surface area (Å²) in [7, 11) is 0. The number of nitrogens with zero attached hydrogens (tertiary/aromatic N) is 1. The molecule has 0 rings (SSSR count). The van der Waals surface area contributed by atoms with E-state index in [1.807, 2.05) is 0 Å². The van der Waals surface area contributed by atoms with Gasteiger partial charge in [0.2, 0.25) is 0 Å². The van der Waals surface area contributed by atoms with E-state index in [0.717, 1.165) is 0 Å². The number of carbonyl (C=O) groups excluding carboxylic acids is 1. The van der Waals surface area contributed by atoms with Crippen molar-refractivity contribution in [1.82, 2.24) is 0 Å². The van der Waals surface area contributed by atoms with Crippen molar-refractivity contribution in [3.05, 3.63) is 0 Å². The molecule has 0 aliphatic heterocycles. The Labute approximate surface area is 252 Å². The zero-order valence-corrected chi connectivity index (χ0v) is 25.4. The number of carbonyl (C=O) groups is 1. The predicted octanol–water partition coefficient (Wildman–Crippen LogP) is -6.43. The molecule has 0 aliphatic rings.